The predicted octanol–water partition coefficient (Wildman–Crippen LogP) is 3.52. The van der Waals surface area contributed by atoms with Crippen molar-refractivity contribution in [3.63, 3.8) is 0 Å². The third-order valence-electron chi connectivity index (χ3n) is 7.58. The number of benzene rings is 2. The third kappa shape index (κ3) is 3.83. The second-order valence-corrected chi connectivity index (χ2v) is 9.32. The maximum absolute atomic E-state index is 13.3. The average Bonchev–Trinajstić information content (AvgIpc) is 3.50. The van der Waals surface area contributed by atoms with Crippen molar-refractivity contribution in [2.24, 2.45) is 23.7 Å². The fourth-order valence-corrected chi connectivity index (χ4v) is 5.72. The zero-order valence-electron chi connectivity index (χ0n) is 19.1. The topological polar surface area (TPSA) is 87.0 Å². The molecule has 1 aliphatic heterocycles. The number of hydrogen-bond acceptors (Lipinski definition) is 6. The Hall–Kier alpha value is -3.68. The minimum Gasteiger partial charge on any atom is -0.368 e. The van der Waals surface area contributed by atoms with Crippen LogP contribution in [0.25, 0.3) is 0 Å². The number of piperazine rings is 1. The Morgan fingerprint density at radius 1 is 1.03 bits per heavy atom. The summed E-state index contributed by atoms with van der Waals surface area (Å²) in [5.41, 5.74) is 2.18. The van der Waals surface area contributed by atoms with Crippen LogP contribution in [0.15, 0.2) is 60.7 Å². The fourth-order valence-electron chi connectivity index (χ4n) is 5.72. The standard InChI is InChI=1S/C26H28N4O4/c1-27(26(32)25-19-8-7-18(15-19)22(25)17-31)21-9-10-23(24(16-21)30(33)34)29-13-11-28(12-14-29)20-5-3-2-4-6-20/h2-10,16-19,22,25H,11-15H2,1H3/t18-,19?,22?,25?/m0/s1. The number of hydrogen-bond donors (Lipinski definition) is 0. The fraction of sp³-hybridized carbons (Fsp3) is 0.385. The molecule has 1 amide bonds. The highest BCUT2D eigenvalue weighted by Gasteiger charge is 2.49. The maximum Gasteiger partial charge on any atom is 0.294 e. The van der Waals surface area contributed by atoms with E-state index in [9.17, 15) is 19.7 Å². The van der Waals surface area contributed by atoms with E-state index in [1.807, 2.05) is 35.3 Å². The molecule has 1 heterocycles. The van der Waals surface area contributed by atoms with E-state index in [-0.39, 0.29) is 34.3 Å². The number of rotatable bonds is 6. The molecule has 3 unspecified atom stereocenters. The molecule has 0 spiro atoms. The summed E-state index contributed by atoms with van der Waals surface area (Å²) < 4.78 is 0. The molecule has 4 atom stereocenters. The first-order valence-electron chi connectivity index (χ1n) is 11.7. The Labute approximate surface area is 198 Å². The number of allylic oxidation sites excluding steroid dienone is 2. The minimum absolute atomic E-state index is 0.00918. The minimum atomic E-state index is -0.401. The number of para-hydroxylation sites is 1. The molecule has 8 heteroatoms. The largest absolute Gasteiger partial charge is 0.368 e. The quantitative estimate of drug-likeness (QED) is 0.284. The number of fused-ring (bicyclic) bond motifs is 2. The van der Waals surface area contributed by atoms with Gasteiger partial charge < -0.3 is 19.5 Å². The van der Waals surface area contributed by atoms with Gasteiger partial charge in [-0.3, -0.25) is 14.9 Å². The predicted molar refractivity (Wildman–Crippen MR) is 131 cm³/mol. The van der Waals surface area contributed by atoms with E-state index in [0.29, 0.717) is 24.5 Å². The second-order valence-electron chi connectivity index (χ2n) is 9.32. The lowest BCUT2D eigenvalue weighted by Gasteiger charge is -2.37. The first kappa shape index (κ1) is 22.1. The zero-order valence-corrected chi connectivity index (χ0v) is 19.1. The number of nitro benzene ring substituents is 1. The molecular weight excluding hydrogens is 432 g/mol. The van der Waals surface area contributed by atoms with Crippen LogP contribution in [-0.2, 0) is 9.59 Å². The summed E-state index contributed by atoms with van der Waals surface area (Å²) in [7, 11) is 1.64. The summed E-state index contributed by atoms with van der Waals surface area (Å²) >= 11 is 0. The van der Waals surface area contributed by atoms with Gasteiger partial charge in [-0.05, 0) is 42.5 Å². The molecule has 2 aliphatic carbocycles. The number of anilines is 3. The summed E-state index contributed by atoms with van der Waals surface area (Å²) in [6, 6.07) is 15.1. The summed E-state index contributed by atoms with van der Waals surface area (Å²) in [4.78, 5) is 42.3. The van der Waals surface area contributed by atoms with Crippen LogP contribution in [0.5, 0.6) is 0 Å². The molecule has 1 saturated heterocycles. The molecule has 8 nitrogen and oxygen atoms in total. The van der Waals surface area contributed by atoms with Crippen molar-refractivity contribution in [1.29, 1.82) is 0 Å². The molecule has 0 N–H and O–H groups in total. The Bertz CT molecular complexity index is 1130. The molecule has 5 rings (SSSR count). The Kier molecular flexibility index (Phi) is 5.81. The number of nitro groups is 1. The molecule has 3 aliphatic rings. The van der Waals surface area contributed by atoms with Crippen molar-refractivity contribution in [3.05, 3.63) is 70.8 Å². The summed E-state index contributed by atoms with van der Waals surface area (Å²) in [6.07, 6.45) is 5.78. The number of nitrogens with zero attached hydrogens (tertiary/aromatic N) is 4. The first-order valence-corrected chi connectivity index (χ1v) is 11.7. The van der Waals surface area contributed by atoms with Gasteiger partial charge in [0.2, 0.25) is 5.91 Å². The van der Waals surface area contributed by atoms with Crippen molar-refractivity contribution in [2.75, 3.05) is 47.9 Å². The van der Waals surface area contributed by atoms with Crippen LogP contribution in [0.2, 0.25) is 0 Å². The SMILES string of the molecule is CN(C(=O)C1C2C=C[C@@H](C2)C1C=O)c1ccc(N2CCN(c3ccccc3)CC2)c([N+](=O)[O-])c1. The average molecular weight is 461 g/mol. The van der Waals surface area contributed by atoms with Gasteiger partial charge in [0.05, 0.1) is 16.5 Å². The van der Waals surface area contributed by atoms with Gasteiger partial charge in [-0.15, -0.1) is 0 Å². The summed E-state index contributed by atoms with van der Waals surface area (Å²) in [6.45, 7) is 2.88. The smallest absolute Gasteiger partial charge is 0.294 e. The molecule has 0 radical (unpaired) electrons. The number of carbonyl (C=O) groups is 2. The van der Waals surface area contributed by atoms with Crippen LogP contribution >= 0.6 is 0 Å². The molecule has 2 fully saturated rings. The van der Waals surface area contributed by atoms with Crippen LogP contribution in [-0.4, -0.2) is 50.3 Å². The Morgan fingerprint density at radius 3 is 2.38 bits per heavy atom. The molecule has 176 valence electrons. The van der Waals surface area contributed by atoms with Crippen molar-refractivity contribution in [1.82, 2.24) is 0 Å². The highest BCUT2D eigenvalue weighted by molar-refractivity contribution is 5.97. The van der Waals surface area contributed by atoms with Crippen molar-refractivity contribution in [3.8, 4) is 0 Å². The van der Waals surface area contributed by atoms with Gasteiger partial charge in [-0.1, -0.05) is 30.4 Å². The molecule has 0 aromatic heterocycles. The van der Waals surface area contributed by atoms with E-state index in [1.54, 1.807) is 19.2 Å². The van der Waals surface area contributed by atoms with E-state index in [4.69, 9.17) is 0 Å². The van der Waals surface area contributed by atoms with Crippen molar-refractivity contribution < 1.29 is 14.5 Å². The van der Waals surface area contributed by atoms with Crippen molar-refractivity contribution >= 4 is 34.9 Å². The van der Waals surface area contributed by atoms with Gasteiger partial charge in [0.25, 0.3) is 5.69 Å². The maximum atomic E-state index is 13.3. The van der Waals surface area contributed by atoms with Gasteiger partial charge in [-0.25, -0.2) is 0 Å². The van der Waals surface area contributed by atoms with Crippen LogP contribution < -0.4 is 14.7 Å². The van der Waals surface area contributed by atoms with E-state index >= 15 is 0 Å². The molecule has 1 saturated carbocycles. The Balaban J connectivity index is 1.34. The normalized spacial score (nSPS) is 25.4. The van der Waals surface area contributed by atoms with Crippen LogP contribution in [0, 0.1) is 33.8 Å². The molecule has 2 aromatic carbocycles. The molecular formula is C26H28N4O4. The Morgan fingerprint density at radius 2 is 1.71 bits per heavy atom. The van der Waals surface area contributed by atoms with Gasteiger partial charge in [0.1, 0.15) is 12.0 Å². The molecule has 2 bridgehead atoms. The lowest BCUT2D eigenvalue weighted by molar-refractivity contribution is -0.384. The van der Waals surface area contributed by atoms with Gasteiger partial charge in [0, 0.05) is 50.9 Å². The third-order valence-corrected chi connectivity index (χ3v) is 7.58. The number of aldehydes is 1. The van der Waals surface area contributed by atoms with E-state index < -0.39 is 5.92 Å². The lowest BCUT2D eigenvalue weighted by atomic mass is 9.83. The molecule has 34 heavy (non-hydrogen) atoms. The van der Waals surface area contributed by atoms with Crippen LogP contribution in [0.3, 0.4) is 0 Å². The van der Waals surface area contributed by atoms with E-state index in [2.05, 4.69) is 17.0 Å². The van der Waals surface area contributed by atoms with Gasteiger partial charge >= 0.3 is 0 Å². The van der Waals surface area contributed by atoms with Gasteiger partial charge in [-0.2, -0.15) is 0 Å². The lowest BCUT2D eigenvalue weighted by Crippen LogP contribution is -2.46. The summed E-state index contributed by atoms with van der Waals surface area (Å²) in [5.74, 6) is -0.698. The van der Waals surface area contributed by atoms with E-state index in [1.165, 1.54) is 11.0 Å². The van der Waals surface area contributed by atoms with Crippen molar-refractivity contribution in [2.45, 2.75) is 6.42 Å². The van der Waals surface area contributed by atoms with Crippen LogP contribution in [0.4, 0.5) is 22.7 Å². The monoisotopic (exact) mass is 460 g/mol. The zero-order chi connectivity index (χ0) is 23.8. The first-order chi connectivity index (χ1) is 16.5. The molecule has 2 aromatic rings. The number of amides is 1. The second kappa shape index (κ2) is 8.93. The number of carbonyl (C=O) groups excluding carboxylic acids is 2. The van der Waals surface area contributed by atoms with Crippen LogP contribution in [0.1, 0.15) is 6.42 Å². The highest BCUT2D eigenvalue weighted by Crippen LogP contribution is 2.48. The highest BCUT2D eigenvalue weighted by atomic mass is 16.6. The van der Waals surface area contributed by atoms with E-state index in [0.717, 1.165) is 31.5 Å². The summed E-state index contributed by atoms with van der Waals surface area (Å²) in [5, 5.41) is 12.0. The van der Waals surface area contributed by atoms with Gasteiger partial charge in [0.15, 0.2) is 0 Å².